The van der Waals surface area contributed by atoms with Gasteiger partial charge in [0.05, 0.1) is 0 Å². The van der Waals surface area contributed by atoms with Crippen LogP contribution < -0.4 is 5.32 Å². The van der Waals surface area contributed by atoms with Crippen LogP contribution in [-0.2, 0) is 0 Å². The SMILES string of the molecule is CCC1SC(C)CNC1c1ccccc1. The zero-order valence-corrected chi connectivity index (χ0v) is 10.3. The highest BCUT2D eigenvalue weighted by molar-refractivity contribution is 8.00. The first-order valence-electron chi connectivity index (χ1n) is 5.75. The van der Waals surface area contributed by atoms with Crippen LogP contribution in [0.15, 0.2) is 30.3 Å². The van der Waals surface area contributed by atoms with E-state index in [1.54, 1.807) is 0 Å². The molecule has 0 spiro atoms. The molecule has 3 unspecified atom stereocenters. The Labute approximate surface area is 96.7 Å². The molecule has 1 aromatic carbocycles. The third-order valence-electron chi connectivity index (χ3n) is 2.97. The molecule has 2 rings (SSSR count). The second-order valence-electron chi connectivity index (χ2n) is 4.19. The summed E-state index contributed by atoms with van der Waals surface area (Å²) in [5.74, 6) is 0. The van der Waals surface area contributed by atoms with E-state index in [0.29, 0.717) is 6.04 Å². The standard InChI is InChI=1S/C13H19NS/c1-3-12-13(14-9-10(2)15-12)11-7-5-4-6-8-11/h4-8,10,12-14H,3,9H2,1-2H3. The summed E-state index contributed by atoms with van der Waals surface area (Å²) in [5, 5.41) is 5.13. The van der Waals surface area contributed by atoms with E-state index in [4.69, 9.17) is 0 Å². The Morgan fingerprint density at radius 3 is 2.73 bits per heavy atom. The fourth-order valence-electron chi connectivity index (χ4n) is 2.17. The molecular formula is C13H19NS. The van der Waals surface area contributed by atoms with Gasteiger partial charge in [0, 0.05) is 23.1 Å². The number of benzene rings is 1. The predicted octanol–water partition coefficient (Wildman–Crippen LogP) is 3.23. The molecule has 1 aliphatic heterocycles. The summed E-state index contributed by atoms with van der Waals surface area (Å²) in [4.78, 5) is 0. The van der Waals surface area contributed by atoms with Crippen LogP contribution in [-0.4, -0.2) is 17.0 Å². The highest BCUT2D eigenvalue weighted by Gasteiger charge is 2.28. The summed E-state index contributed by atoms with van der Waals surface area (Å²) in [5.41, 5.74) is 1.43. The lowest BCUT2D eigenvalue weighted by molar-refractivity contribution is 0.487. The van der Waals surface area contributed by atoms with Gasteiger partial charge in [-0.1, -0.05) is 44.2 Å². The molecular weight excluding hydrogens is 202 g/mol. The van der Waals surface area contributed by atoms with Gasteiger partial charge in [-0.15, -0.1) is 0 Å². The Balaban J connectivity index is 2.14. The third-order valence-corrected chi connectivity index (χ3v) is 4.55. The lowest BCUT2D eigenvalue weighted by Crippen LogP contribution is -2.40. The maximum absolute atomic E-state index is 3.67. The molecule has 1 aromatic rings. The lowest BCUT2D eigenvalue weighted by Gasteiger charge is -2.35. The fourth-order valence-corrected chi connectivity index (χ4v) is 3.57. The number of hydrogen-bond acceptors (Lipinski definition) is 2. The first-order chi connectivity index (χ1) is 7.31. The van der Waals surface area contributed by atoms with Gasteiger partial charge in [0.25, 0.3) is 0 Å². The van der Waals surface area contributed by atoms with Crippen molar-refractivity contribution in [3.8, 4) is 0 Å². The van der Waals surface area contributed by atoms with E-state index in [1.807, 2.05) is 0 Å². The third kappa shape index (κ3) is 2.56. The molecule has 0 aliphatic carbocycles. The van der Waals surface area contributed by atoms with Gasteiger partial charge in [-0.3, -0.25) is 0 Å². The Kier molecular flexibility index (Phi) is 3.71. The summed E-state index contributed by atoms with van der Waals surface area (Å²) >= 11 is 2.13. The molecule has 0 aromatic heterocycles. The van der Waals surface area contributed by atoms with Gasteiger partial charge in [0.15, 0.2) is 0 Å². The van der Waals surface area contributed by atoms with Crippen molar-refractivity contribution in [3.05, 3.63) is 35.9 Å². The van der Waals surface area contributed by atoms with Gasteiger partial charge in [-0.2, -0.15) is 11.8 Å². The van der Waals surface area contributed by atoms with Crippen molar-refractivity contribution in [3.63, 3.8) is 0 Å². The van der Waals surface area contributed by atoms with E-state index >= 15 is 0 Å². The van der Waals surface area contributed by atoms with Crippen molar-refractivity contribution < 1.29 is 0 Å². The van der Waals surface area contributed by atoms with Gasteiger partial charge >= 0.3 is 0 Å². The average molecular weight is 221 g/mol. The molecule has 82 valence electrons. The molecule has 2 heteroatoms. The van der Waals surface area contributed by atoms with Crippen molar-refractivity contribution in [2.45, 2.75) is 36.8 Å². The highest BCUT2D eigenvalue weighted by Crippen LogP contribution is 2.35. The van der Waals surface area contributed by atoms with Crippen LogP contribution in [0.2, 0.25) is 0 Å². The van der Waals surface area contributed by atoms with Crippen molar-refractivity contribution in [2.75, 3.05) is 6.54 Å². The van der Waals surface area contributed by atoms with E-state index in [-0.39, 0.29) is 0 Å². The van der Waals surface area contributed by atoms with E-state index in [9.17, 15) is 0 Å². The normalized spacial score (nSPS) is 31.5. The average Bonchev–Trinajstić information content (AvgIpc) is 2.30. The quantitative estimate of drug-likeness (QED) is 0.823. The number of nitrogens with one attached hydrogen (secondary N) is 1. The molecule has 1 nitrogen and oxygen atoms in total. The Morgan fingerprint density at radius 1 is 1.33 bits per heavy atom. The van der Waals surface area contributed by atoms with Gasteiger partial charge in [0.2, 0.25) is 0 Å². The van der Waals surface area contributed by atoms with Gasteiger partial charge in [-0.25, -0.2) is 0 Å². The van der Waals surface area contributed by atoms with Crippen molar-refractivity contribution in [1.29, 1.82) is 0 Å². The summed E-state index contributed by atoms with van der Waals surface area (Å²) in [6.07, 6.45) is 1.24. The molecule has 0 bridgehead atoms. The van der Waals surface area contributed by atoms with Crippen molar-refractivity contribution in [2.24, 2.45) is 0 Å². The summed E-state index contributed by atoms with van der Waals surface area (Å²) in [6.45, 7) is 5.72. The van der Waals surface area contributed by atoms with Gasteiger partial charge in [0.1, 0.15) is 0 Å². The predicted molar refractivity (Wildman–Crippen MR) is 68.3 cm³/mol. The van der Waals surface area contributed by atoms with E-state index < -0.39 is 0 Å². The van der Waals surface area contributed by atoms with E-state index in [2.05, 4.69) is 61.3 Å². The summed E-state index contributed by atoms with van der Waals surface area (Å²) < 4.78 is 0. The summed E-state index contributed by atoms with van der Waals surface area (Å²) in [6, 6.07) is 11.4. The zero-order chi connectivity index (χ0) is 10.7. The minimum Gasteiger partial charge on any atom is -0.308 e. The Bertz CT molecular complexity index is 299. The number of rotatable bonds is 2. The molecule has 3 atom stereocenters. The minimum absolute atomic E-state index is 0.539. The molecule has 0 radical (unpaired) electrons. The maximum atomic E-state index is 3.67. The van der Waals surface area contributed by atoms with Gasteiger partial charge < -0.3 is 5.32 Å². The second-order valence-corrected chi connectivity index (χ2v) is 5.87. The summed E-state index contributed by atoms with van der Waals surface area (Å²) in [7, 11) is 0. The Hall–Kier alpha value is -0.470. The molecule has 1 N–H and O–H groups in total. The van der Waals surface area contributed by atoms with E-state index in [0.717, 1.165) is 17.0 Å². The number of thioether (sulfide) groups is 1. The van der Waals surface area contributed by atoms with Crippen LogP contribution in [0.4, 0.5) is 0 Å². The zero-order valence-electron chi connectivity index (χ0n) is 9.44. The minimum atomic E-state index is 0.539. The molecule has 0 saturated carbocycles. The molecule has 1 saturated heterocycles. The second kappa shape index (κ2) is 5.04. The van der Waals surface area contributed by atoms with Crippen LogP contribution in [0.1, 0.15) is 31.9 Å². The molecule has 1 aliphatic rings. The molecule has 0 amide bonds. The van der Waals surface area contributed by atoms with Crippen LogP contribution in [0.25, 0.3) is 0 Å². The molecule has 1 fully saturated rings. The van der Waals surface area contributed by atoms with Crippen LogP contribution >= 0.6 is 11.8 Å². The first-order valence-corrected chi connectivity index (χ1v) is 6.69. The monoisotopic (exact) mass is 221 g/mol. The fraction of sp³-hybridized carbons (Fsp3) is 0.538. The lowest BCUT2D eigenvalue weighted by atomic mass is 10.0. The van der Waals surface area contributed by atoms with Crippen LogP contribution in [0, 0.1) is 0 Å². The van der Waals surface area contributed by atoms with Crippen molar-refractivity contribution in [1.82, 2.24) is 5.32 Å². The Morgan fingerprint density at radius 2 is 2.07 bits per heavy atom. The smallest absolute Gasteiger partial charge is 0.0440 e. The first kappa shape index (κ1) is 11.0. The van der Waals surface area contributed by atoms with Crippen LogP contribution in [0.5, 0.6) is 0 Å². The highest BCUT2D eigenvalue weighted by atomic mass is 32.2. The topological polar surface area (TPSA) is 12.0 Å². The van der Waals surface area contributed by atoms with Crippen LogP contribution in [0.3, 0.4) is 0 Å². The van der Waals surface area contributed by atoms with Gasteiger partial charge in [-0.05, 0) is 12.0 Å². The maximum Gasteiger partial charge on any atom is 0.0440 e. The van der Waals surface area contributed by atoms with Crippen molar-refractivity contribution >= 4 is 11.8 Å². The molecule has 15 heavy (non-hydrogen) atoms. The number of hydrogen-bond donors (Lipinski definition) is 1. The molecule has 1 heterocycles. The largest absolute Gasteiger partial charge is 0.308 e. The van der Waals surface area contributed by atoms with E-state index in [1.165, 1.54) is 12.0 Å².